The topological polar surface area (TPSA) is 54.4 Å². The molecule has 5 heteroatoms. The monoisotopic (exact) mass is 346 g/mol. The highest BCUT2D eigenvalue weighted by Gasteiger charge is 2.25. The molecule has 130 valence electrons. The summed E-state index contributed by atoms with van der Waals surface area (Å²) in [5, 5.41) is 13.8. The molecule has 4 nitrogen and oxygen atoms in total. The highest BCUT2D eigenvalue weighted by atomic mass is 32.1. The summed E-state index contributed by atoms with van der Waals surface area (Å²) in [4.78, 5) is 6.29. The lowest BCUT2D eigenvalue weighted by Crippen LogP contribution is -2.32. The smallest absolute Gasteiger partial charge is 0.123 e. The van der Waals surface area contributed by atoms with Gasteiger partial charge in [-0.3, -0.25) is 0 Å². The molecule has 1 aliphatic carbocycles. The van der Waals surface area contributed by atoms with Crippen LogP contribution in [0.5, 0.6) is 5.75 Å². The van der Waals surface area contributed by atoms with Crippen LogP contribution in [0.25, 0.3) is 10.6 Å². The molecule has 2 N–H and O–H groups in total. The summed E-state index contributed by atoms with van der Waals surface area (Å²) in [5.74, 6) is 0.873. The molecule has 1 heterocycles. The molecule has 2 aromatic rings. The number of aliphatic hydroxyl groups is 1. The minimum Gasteiger partial charge on any atom is -0.497 e. The fourth-order valence-electron chi connectivity index (χ4n) is 3.26. The van der Waals surface area contributed by atoms with Crippen molar-refractivity contribution in [1.29, 1.82) is 0 Å². The number of hydrogen-bond acceptors (Lipinski definition) is 5. The Hall–Kier alpha value is -1.43. The Morgan fingerprint density at radius 2 is 2.17 bits per heavy atom. The Labute approximate surface area is 147 Å². The van der Waals surface area contributed by atoms with Gasteiger partial charge in [0.2, 0.25) is 0 Å². The quantitative estimate of drug-likeness (QED) is 0.797. The van der Waals surface area contributed by atoms with Gasteiger partial charge in [-0.05, 0) is 63.3 Å². The molecule has 1 aromatic heterocycles. The van der Waals surface area contributed by atoms with Crippen molar-refractivity contribution in [2.75, 3.05) is 13.7 Å². The number of rotatable bonds is 7. The van der Waals surface area contributed by atoms with Crippen molar-refractivity contribution in [1.82, 2.24) is 10.3 Å². The average Bonchev–Trinajstić information content (AvgIpc) is 3.05. The van der Waals surface area contributed by atoms with Crippen LogP contribution in [0.1, 0.15) is 49.2 Å². The van der Waals surface area contributed by atoms with Gasteiger partial charge in [-0.25, -0.2) is 4.98 Å². The maximum absolute atomic E-state index is 9.00. The molecule has 0 saturated heterocycles. The van der Waals surface area contributed by atoms with E-state index in [4.69, 9.17) is 14.8 Å². The van der Waals surface area contributed by atoms with Crippen LogP contribution in [0.3, 0.4) is 0 Å². The van der Waals surface area contributed by atoms with Crippen molar-refractivity contribution in [3.63, 3.8) is 0 Å². The van der Waals surface area contributed by atoms with Crippen LogP contribution in [0.2, 0.25) is 0 Å². The zero-order chi connectivity index (χ0) is 16.9. The molecular formula is C19H26N2O2S. The van der Waals surface area contributed by atoms with Gasteiger partial charge < -0.3 is 15.2 Å². The minimum absolute atomic E-state index is 0.268. The second kappa shape index (κ2) is 8.10. The molecule has 1 aliphatic rings. The number of benzene rings is 1. The fourth-order valence-corrected chi connectivity index (χ4v) is 4.47. The number of fused-ring (bicyclic) bond motifs is 1. The second-order valence-corrected chi connectivity index (χ2v) is 7.47. The van der Waals surface area contributed by atoms with Crippen LogP contribution >= 0.6 is 11.3 Å². The predicted octanol–water partition coefficient (Wildman–Crippen LogP) is 3.95. The van der Waals surface area contributed by atoms with E-state index < -0.39 is 0 Å². The van der Waals surface area contributed by atoms with Gasteiger partial charge in [0.05, 0.1) is 12.8 Å². The Kier molecular flexibility index (Phi) is 5.87. The first-order valence-electron chi connectivity index (χ1n) is 8.72. The first-order valence-corrected chi connectivity index (χ1v) is 9.54. The fraction of sp³-hybridized carbons (Fsp3) is 0.526. The highest BCUT2D eigenvalue weighted by Crippen LogP contribution is 2.38. The van der Waals surface area contributed by atoms with Gasteiger partial charge in [-0.2, -0.15) is 0 Å². The third kappa shape index (κ3) is 3.97. The van der Waals surface area contributed by atoms with Gasteiger partial charge in [0, 0.05) is 29.1 Å². The lowest BCUT2D eigenvalue weighted by molar-refractivity contribution is 0.272. The van der Waals surface area contributed by atoms with Gasteiger partial charge >= 0.3 is 0 Å². The van der Waals surface area contributed by atoms with E-state index in [9.17, 15) is 0 Å². The summed E-state index contributed by atoms with van der Waals surface area (Å²) >= 11 is 1.81. The lowest BCUT2D eigenvalue weighted by Gasteiger charge is -2.26. The van der Waals surface area contributed by atoms with Crippen molar-refractivity contribution in [3.05, 3.63) is 34.8 Å². The number of ether oxygens (including phenoxy) is 1. The normalized spacial score (nSPS) is 18.2. The van der Waals surface area contributed by atoms with E-state index in [1.807, 2.05) is 23.5 Å². The number of aryl methyl sites for hydroxylation is 1. The van der Waals surface area contributed by atoms with Crippen molar-refractivity contribution in [3.8, 4) is 16.3 Å². The van der Waals surface area contributed by atoms with Crippen molar-refractivity contribution in [2.24, 2.45) is 0 Å². The summed E-state index contributed by atoms with van der Waals surface area (Å²) in [7, 11) is 1.69. The Morgan fingerprint density at radius 3 is 2.88 bits per heavy atom. The molecule has 2 atom stereocenters. The molecule has 0 spiro atoms. The van der Waals surface area contributed by atoms with Crippen LogP contribution in [-0.2, 0) is 6.42 Å². The van der Waals surface area contributed by atoms with Crippen LogP contribution in [0.15, 0.2) is 24.3 Å². The third-order valence-corrected chi connectivity index (χ3v) is 5.83. The number of nitrogens with one attached hydrogen (secondary N) is 1. The molecule has 1 aromatic carbocycles. The molecule has 0 saturated carbocycles. The third-order valence-electron chi connectivity index (χ3n) is 4.57. The maximum atomic E-state index is 9.00. The van der Waals surface area contributed by atoms with E-state index in [2.05, 4.69) is 24.4 Å². The van der Waals surface area contributed by atoms with Gasteiger partial charge in [0.15, 0.2) is 0 Å². The Bertz CT molecular complexity index is 654. The summed E-state index contributed by atoms with van der Waals surface area (Å²) in [6.07, 6.45) is 5.29. The molecule has 3 rings (SSSR count). The van der Waals surface area contributed by atoms with Crippen molar-refractivity contribution >= 4 is 11.3 Å². The van der Waals surface area contributed by atoms with Gasteiger partial charge in [-0.1, -0.05) is 0 Å². The highest BCUT2D eigenvalue weighted by molar-refractivity contribution is 7.15. The number of hydrogen-bond donors (Lipinski definition) is 2. The van der Waals surface area contributed by atoms with Crippen LogP contribution in [-0.4, -0.2) is 29.8 Å². The van der Waals surface area contributed by atoms with Crippen LogP contribution < -0.4 is 10.1 Å². The lowest BCUT2D eigenvalue weighted by atomic mass is 9.97. The van der Waals surface area contributed by atoms with Gasteiger partial charge in [0.25, 0.3) is 0 Å². The van der Waals surface area contributed by atoms with E-state index in [1.165, 1.54) is 23.4 Å². The molecule has 0 fully saturated rings. The number of methoxy groups -OCH3 is 1. The van der Waals surface area contributed by atoms with Gasteiger partial charge in [-0.15, -0.1) is 11.3 Å². The summed E-state index contributed by atoms with van der Waals surface area (Å²) in [6, 6.07) is 8.95. The van der Waals surface area contributed by atoms with Crippen molar-refractivity contribution < 1.29 is 9.84 Å². The van der Waals surface area contributed by atoms with E-state index in [-0.39, 0.29) is 6.61 Å². The zero-order valence-electron chi connectivity index (χ0n) is 14.4. The SMILES string of the molecule is COc1ccc(-c2nc3c(s2)C(NC(C)CCCO)CCC3)cc1. The van der Waals surface area contributed by atoms with Crippen LogP contribution in [0.4, 0.5) is 0 Å². The number of aromatic nitrogens is 1. The standard InChI is InChI=1S/C19H26N2O2S/c1-13(5-4-12-22)20-16-6-3-7-17-18(16)24-19(21-17)14-8-10-15(23-2)11-9-14/h8-11,13,16,20,22H,3-7,12H2,1-2H3. The molecule has 2 unspecified atom stereocenters. The Morgan fingerprint density at radius 1 is 1.38 bits per heavy atom. The molecule has 24 heavy (non-hydrogen) atoms. The summed E-state index contributed by atoms with van der Waals surface area (Å²) in [6.45, 7) is 2.47. The van der Waals surface area contributed by atoms with Crippen LogP contribution in [0, 0.1) is 0 Å². The summed E-state index contributed by atoms with van der Waals surface area (Å²) in [5.41, 5.74) is 2.41. The Balaban J connectivity index is 1.77. The molecular weight excluding hydrogens is 320 g/mol. The molecule has 0 amide bonds. The van der Waals surface area contributed by atoms with E-state index in [0.717, 1.165) is 35.6 Å². The summed E-state index contributed by atoms with van der Waals surface area (Å²) < 4.78 is 5.23. The first kappa shape index (κ1) is 17.4. The minimum atomic E-state index is 0.268. The molecule has 0 radical (unpaired) electrons. The molecule has 0 bridgehead atoms. The van der Waals surface area contributed by atoms with Gasteiger partial charge in [0.1, 0.15) is 10.8 Å². The van der Waals surface area contributed by atoms with E-state index in [1.54, 1.807) is 7.11 Å². The number of aliphatic hydroxyl groups excluding tert-OH is 1. The largest absolute Gasteiger partial charge is 0.497 e. The maximum Gasteiger partial charge on any atom is 0.123 e. The number of thiazole rings is 1. The predicted molar refractivity (Wildman–Crippen MR) is 98.7 cm³/mol. The average molecular weight is 346 g/mol. The first-order chi connectivity index (χ1) is 11.7. The second-order valence-electron chi connectivity index (χ2n) is 6.44. The van der Waals surface area contributed by atoms with E-state index >= 15 is 0 Å². The molecule has 0 aliphatic heterocycles. The zero-order valence-corrected chi connectivity index (χ0v) is 15.2. The van der Waals surface area contributed by atoms with Crippen molar-refractivity contribution in [2.45, 2.75) is 51.1 Å². The van der Waals surface area contributed by atoms with E-state index in [0.29, 0.717) is 12.1 Å². The number of nitrogens with zero attached hydrogens (tertiary/aromatic N) is 1.